The zero-order valence-electron chi connectivity index (χ0n) is 11.4. The van der Waals surface area contributed by atoms with Crippen molar-refractivity contribution >= 4 is 15.9 Å². The molecule has 0 amide bonds. The van der Waals surface area contributed by atoms with Crippen LogP contribution in [-0.4, -0.2) is 23.9 Å². The molecule has 0 fully saturated rings. The summed E-state index contributed by atoms with van der Waals surface area (Å²) in [5, 5.41) is 7.61. The van der Waals surface area contributed by atoms with E-state index in [9.17, 15) is 0 Å². The maximum Gasteiger partial charge on any atom is 0.122 e. The van der Waals surface area contributed by atoms with E-state index in [1.54, 1.807) is 7.11 Å². The summed E-state index contributed by atoms with van der Waals surface area (Å²) in [7, 11) is 5.61. The van der Waals surface area contributed by atoms with Crippen LogP contribution in [0.4, 0.5) is 0 Å². The zero-order chi connectivity index (χ0) is 13.8. The number of aryl methyl sites for hydroxylation is 1. The standard InChI is InChI=1S/C14H18BrN3O/c1-16-12(14-11(15)9-17-18(14)2)8-10-6-4-5-7-13(10)19-3/h4-7,9,12,16H,8H2,1-3H3. The van der Waals surface area contributed by atoms with E-state index in [2.05, 4.69) is 32.4 Å². The molecule has 0 aliphatic rings. The van der Waals surface area contributed by atoms with Crippen molar-refractivity contribution in [3.63, 3.8) is 0 Å². The largest absolute Gasteiger partial charge is 0.496 e. The third-order valence-corrected chi connectivity index (χ3v) is 3.84. The summed E-state index contributed by atoms with van der Waals surface area (Å²) in [5.41, 5.74) is 2.31. The van der Waals surface area contributed by atoms with Crippen molar-refractivity contribution in [2.24, 2.45) is 7.05 Å². The van der Waals surface area contributed by atoms with Crippen LogP contribution < -0.4 is 10.1 Å². The van der Waals surface area contributed by atoms with Crippen LogP contribution >= 0.6 is 15.9 Å². The van der Waals surface area contributed by atoms with Gasteiger partial charge in [-0.25, -0.2) is 0 Å². The van der Waals surface area contributed by atoms with Gasteiger partial charge in [0, 0.05) is 7.05 Å². The van der Waals surface area contributed by atoms with Gasteiger partial charge < -0.3 is 10.1 Å². The van der Waals surface area contributed by atoms with Crippen molar-refractivity contribution in [2.75, 3.05) is 14.2 Å². The second-order valence-electron chi connectivity index (χ2n) is 4.36. The van der Waals surface area contributed by atoms with Crippen LogP contribution in [0.25, 0.3) is 0 Å². The fraction of sp³-hybridized carbons (Fsp3) is 0.357. The number of hydrogen-bond donors (Lipinski definition) is 1. The SMILES string of the molecule is CNC(Cc1ccccc1OC)c1c(Br)cnn1C. The van der Waals surface area contributed by atoms with Gasteiger partial charge in [0.25, 0.3) is 0 Å². The molecule has 102 valence electrons. The average molecular weight is 324 g/mol. The summed E-state index contributed by atoms with van der Waals surface area (Å²) in [6.07, 6.45) is 2.67. The van der Waals surface area contributed by atoms with Crippen molar-refractivity contribution in [3.8, 4) is 5.75 Å². The maximum absolute atomic E-state index is 5.41. The van der Waals surface area contributed by atoms with Gasteiger partial charge in [-0.1, -0.05) is 18.2 Å². The van der Waals surface area contributed by atoms with Crippen LogP contribution in [0.3, 0.4) is 0 Å². The Balaban J connectivity index is 2.29. The molecule has 1 unspecified atom stereocenters. The first-order valence-corrected chi connectivity index (χ1v) is 6.93. The lowest BCUT2D eigenvalue weighted by molar-refractivity contribution is 0.405. The fourth-order valence-electron chi connectivity index (χ4n) is 2.24. The molecule has 0 aliphatic heterocycles. The van der Waals surface area contributed by atoms with Gasteiger partial charge in [0.1, 0.15) is 5.75 Å². The lowest BCUT2D eigenvalue weighted by Crippen LogP contribution is -2.22. The zero-order valence-corrected chi connectivity index (χ0v) is 12.9. The lowest BCUT2D eigenvalue weighted by atomic mass is 10.0. The number of methoxy groups -OCH3 is 1. The summed E-state index contributed by atoms with van der Waals surface area (Å²) in [5.74, 6) is 0.918. The first-order chi connectivity index (χ1) is 9.17. The van der Waals surface area contributed by atoms with E-state index in [-0.39, 0.29) is 6.04 Å². The van der Waals surface area contributed by atoms with E-state index >= 15 is 0 Å². The van der Waals surface area contributed by atoms with Gasteiger partial charge in [-0.05, 0) is 41.0 Å². The van der Waals surface area contributed by atoms with E-state index in [1.165, 1.54) is 5.56 Å². The van der Waals surface area contributed by atoms with Gasteiger partial charge in [-0.3, -0.25) is 4.68 Å². The molecule has 1 atom stereocenters. The van der Waals surface area contributed by atoms with E-state index < -0.39 is 0 Å². The Morgan fingerprint density at radius 3 is 2.74 bits per heavy atom. The number of hydrogen-bond acceptors (Lipinski definition) is 3. The molecule has 2 aromatic rings. The Morgan fingerprint density at radius 2 is 2.16 bits per heavy atom. The van der Waals surface area contributed by atoms with Crippen molar-refractivity contribution in [1.82, 2.24) is 15.1 Å². The molecular weight excluding hydrogens is 306 g/mol. The van der Waals surface area contributed by atoms with Crippen molar-refractivity contribution < 1.29 is 4.74 Å². The molecule has 1 heterocycles. The van der Waals surface area contributed by atoms with Gasteiger partial charge in [-0.2, -0.15) is 5.10 Å². The molecule has 1 N–H and O–H groups in total. The Morgan fingerprint density at radius 1 is 1.42 bits per heavy atom. The third-order valence-electron chi connectivity index (χ3n) is 3.23. The molecule has 19 heavy (non-hydrogen) atoms. The summed E-state index contributed by atoms with van der Waals surface area (Å²) in [6.45, 7) is 0. The highest BCUT2D eigenvalue weighted by molar-refractivity contribution is 9.10. The Bertz CT molecular complexity index is 534. The molecule has 1 aromatic heterocycles. The average Bonchev–Trinajstić information content (AvgIpc) is 2.76. The minimum Gasteiger partial charge on any atom is -0.496 e. The number of nitrogens with one attached hydrogen (secondary N) is 1. The molecule has 0 spiro atoms. The molecule has 0 aliphatic carbocycles. The predicted octanol–water partition coefficient (Wildman–Crippen LogP) is 2.69. The quantitative estimate of drug-likeness (QED) is 0.919. The summed E-state index contributed by atoms with van der Waals surface area (Å²) >= 11 is 3.55. The van der Waals surface area contributed by atoms with E-state index in [0.717, 1.165) is 22.3 Å². The van der Waals surface area contributed by atoms with Crippen molar-refractivity contribution in [1.29, 1.82) is 0 Å². The van der Waals surface area contributed by atoms with E-state index in [4.69, 9.17) is 4.74 Å². The third kappa shape index (κ3) is 2.98. The Hall–Kier alpha value is -1.33. The molecule has 1 aromatic carbocycles. The van der Waals surface area contributed by atoms with Gasteiger partial charge >= 0.3 is 0 Å². The summed E-state index contributed by atoms with van der Waals surface area (Å²) in [6, 6.07) is 8.27. The number of ether oxygens (including phenoxy) is 1. The van der Waals surface area contributed by atoms with Crippen LogP contribution in [0.1, 0.15) is 17.3 Å². The molecular formula is C14H18BrN3O. The van der Waals surface area contributed by atoms with Gasteiger partial charge in [-0.15, -0.1) is 0 Å². The predicted molar refractivity (Wildman–Crippen MR) is 79.4 cm³/mol. The number of aromatic nitrogens is 2. The van der Waals surface area contributed by atoms with Gasteiger partial charge in [0.15, 0.2) is 0 Å². The highest BCUT2D eigenvalue weighted by Gasteiger charge is 2.19. The lowest BCUT2D eigenvalue weighted by Gasteiger charge is -2.19. The minimum absolute atomic E-state index is 0.179. The molecule has 2 rings (SSSR count). The molecule has 5 heteroatoms. The van der Waals surface area contributed by atoms with Crippen LogP contribution in [0.2, 0.25) is 0 Å². The number of benzene rings is 1. The number of likely N-dealkylation sites (N-methyl/N-ethyl adjacent to an activating group) is 1. The highest BCUT2D eigenvalue weighted by Crippen LogP contribution is 2.28. The monoisotopic (exact) mass is 323 g/mol. The van der Waals surface area contributed by atoms with E-state index in [0.29, 0.717) is 0 Å². The first kappa shape index (κ1) is 14.1. The second kappa shape index (κ2) is 6.21. The maximum atomic E-state index is 5.41. The van der Waals surface area contributed by atoms with Crippen LogP contribution in [0.5, 0.6) is 5.75 Å². The Kier molecular flexibility index (Phi) is 4.61. The van der Waals surface area contributed by atoms with Gasteiger partial charge in [0.05, 0.1) is 29.5 Å². The fourth-order valence-corrected chi connectivity index (χ4v) is 2.86. The van der Waals surface area contributed by atoms with Gasteiger partial charge in [0.2, 0.25) is 0 Å². The second-order valence-corrected chi connectivity index (χ2v) is 5.21. The number of halogens is 1. The van der Waals surface area contributed by atoms with E-state index in [1.807, 2.05) is 43.2 Å². The Labute approximate surface area is 121 Å². The summed E-state index contributed by atoms with van der Waals surface area (Å²) < 4.78 is 8.31. The summed E-state index contributed by atoms with van der Waals surface area (Å²) in [4.78, 5) is 0. The molecule has 0 radical (unpaired) electrons. The first-order valence-electron chi connectivity index (χ1n) is 6.14. The number of nitrogens with zero attached hydrogens (tertiary/aromatic N) is 2. The molecule has 0 bridgehead atoms. The topological polar surface area (TPSA) is 39.1 Å². The normalized spacial score (nSPS) is 12.4. The van der Waals surface area contributed by atoms with Crippen molar-refractivity contribution in [2.45, 2.75) is 12.5 Å². The molecule has 0 saturated heterocycles. The molecule has 0 saturated carbocycles. The molecule has 4 nitrogen and oxygen atoms in total. The highest BCUT2D eigenvalue weighted by atomic mass is 79.9. The smallest absolute Gasteiger partial charge is 0.122 e. The minimum atomic E-state index is 0.179. The number of para-hydroxylation sites is 1. The van der Waals surface area contributed by atoms with Crippen LogP contribution in [0, 0.1) is 0 Å². The van der Waals surface area contributed by atoms with Crippen LogP contribution in [0.15, 0.2) is 34.9 Å². The van der Waals surface area contributed by atoms with Crippen molar-refractivity contribution in [3.05, 3.63) is 46.2 Å². The number of rotatable bonds is 5. The van der Waals surface area contributed by atoms with Crippen LogP contribution in [-0.2, 0) is 13.5 Å².